The molecule has 0 spiro atoms. The zero-order valence-corrected chi connectivity index (χ0v) is 25.0. The second kappa shape index (κ2) is 11.8. The van der Waals surface area contributed by atoms with E-state index >= 15 is 0 Å². The van der Waals surface area contributed by atoms with E-state index in [0.29, 0.717) is 12.9 Å². The van der Waals surface area contributed by atoms with E-state index in [9.17, 15) is 14.4 Å². The summed E-state index contributed by atoms with van der Waals surface area (Å²) in [5.41, 5.74) is -1.79. The zero-order valence-electron chi connectivity index (χ0n) is 24.0. The second-order valence-corrected chi connectivity index (χ2v) is 15.8. The molecule has 39 heavy (non-hydrogen) atoms. The van der Waals surface area contributed by atoms with Crippen LogP contribution in [0.5, 0.6) is 0 Å². The summed E-state index contributed by atoms with van der Waals surface area (Å²) in [5, 5.41) is 2.13. The normalized spacial score (nSPS) is 23.7. The standard InChI is InChI=1S/C32H40O6Si/c1-24-21-32(29(35)36-7,38-25(2)34)31(6,19-14-20-33)22-26(24)23-37-39(30(3,4)5,27-15-10-8-11-16-27)28-17-12-9-13-18-28/h8-20,22,24H,21,23H2,1-7H3/b19-14+/t24-,31+,32-/m1/s1. The Bertz CT molecular complexity index is 1190. The van der Waals surface area contributed by atoms with Crippen LogP contribution < -0.4 is 10.4 Å². The van der Waals surface area contributed by atoms with Crippen molar-refractivity contribution in [1.29, 1.82) is 0 Å². The van der Waals surface area contributed by atoms with Crippen LogP contribution in [0.25, 0.3) is 0 Å². The topological polar surface area (TPSA) is 78.9 Å². The number of benzene rings is 2. The number of esters is 2. The van der Waals surface area contributed by atoms with E-state index in [-0.39, 0.29) is 17.4 Å². The lowest BCUT2D eigenvalue weighted by molar-refractivity contribution is -0.193. The predicted octanol–water partition coefficient (Wildman–Crippen LogP) is 4.77. The average molecular weight is 549 g/mol. The SMILES string of the molecule is COC(=O)[C@]1(OC(C)=O)C[C@@H](C)C(CO[Si](c2ccccc2)(c2ccccc2)C(C)(C)C)=C[C@]1(C)/C=C/C=O. The van der Waals surface area contributed by atoms with Crippen molar-refractivity contribution in [3.63, 3.8) is 0 Å². The smallest absolute Gasteiger partial charge is 0.351 e. The first-order chi connectivity index (χ1) is 18.4. The van der Waals surface area contributed by atoms with E-state index < -0.39 is 31.3 Å². The monoisotopic (exact) mass is 548 g/mol. The molecule has 0 heterocycles. The van der Waals surface area contributed by atoms with Crippen molar-refractivity contribution < 1.29 is 28.3 Å². The van der Waals surface area contributed by atoms with E-state index in [2.05, 4.69) is 45.0 Å². The molecule has 7 heteroatoms. The number of methoxy groups -OCH3 is 1. The Morgan fingerprint density at radius 3 is 2.00 bits per heavy atom. The van der Waals surface area contributed by atoms with Gasteiger partial charge < -0.3 is 13.9 Å². The highest BCUT2D eigenvalue weighted by atomic mass is 28.4. The molecule has 2 aromatic carbocycles. The highest BCUT2D eigenvalue weighted by Crippen LogP contribution is 2.49. The van der Waals surface area contributed by atoms with Gasteiger partial charge in [-0.2, -0.15) is 0 Å². The number of ether oxygens (including phenoxy) is 2. The summed E-state index contributed by atoms with van der Waals surface area (Å²) in [6, 6.07) is 20.8. The van der Waals surface area contributed by atoms with Crippen LogP contribution >= 0.6 is 0 Å². The molecule has 0 saturated carbocycles. The molecule has 3 atom stereocenters. The van der Waals surface area contributed by atoms with Crippen LogP contribution in [0.4, 0.5) is 0 Å². The summed E-state index contributed by atoms with van der Waals surface area (Å²) >= 11 is 0. The molecule has 0 aliphatic heterocycles. The maximum Gasteiger partial charge on any atom is 0.351 e. The zero-order chi connectivity index (χ0) is 28.9. The lowest BCUT2D eigenvalue weighted by Gasteiger charge is -2.48. The molecule has 0 bridgehead atoms. The van der Waals surface area contributed by atoms with Crippen molar-refractivity contribution >= 4 is 36.9 Å². The molecule has 0 fully saturated rings. The molecule has 2 aromatic rings. The molecule has 1 aliphatic rings. The van der Waals surface area contributed by atoms with Gasteiger partial charge in [0, 0.05) is 13.3 Å². The molecule has 3 rings (SSSR count). The predicted molar refractivity (Wildman–Crippen MR) is 155 cm³/mol. The first-order valence-corrected chi connectivity index (χ1v) is 15.2. The van der Waals surface area contributed by atoms with Gasteiger partial charge in [0.1, 0.15) is 6.29 Å². The highest BCUT2D eigenvalue weighted by Gasteiger charge is 2.59. The molecule has 208 valence electrons. The van der Waals surface area contributed by atoms with Crippen LogP contribution in [-0.2, 0) is 28.3 Å². The van der Waals surface area contributed by atoms with Crippen molar-refractivity contribution in [2.24, 2.45) is 11.3 Å². The van der Waals surface area contributed by atoms with E-state index in [1.54, 1.807) is 13.0 Å². The van der Waals surface area contributed by atoms with Gasteiger partial charge in [0.15, 0.2) is 0 Å². The molecule has 6 nitrogen and oxygen atoms in total. The second-order valence-electron chi connectivity index (χ2n) is 11.5. The van der Waals surface area contributed by atoms with Gasteiger partial charge in [-0.15, -0.1) is 0 Å². The van der Waals surface area contributed by atoms with Gasteiger partial charge in [-0.25, -0.2) is 4.79 Å². The minimum Gasteiger partial charge on any atom is -0.466 e. The molecule has 0 aromatic heterocycles. The molecule has 0 radical (unpaired) electrons. The Balaban J connectivity index is 2.17. The largest absolute Gasteiger partial charge is 0.466 e. The first kappa shape index (κ1) is 30.3. The summed E-state index contributed by atoms with van der Waals surface area (Å²) < 4.78 is 18.0. The maximum absolute atomic E-state index is 13.2. The van der Waals surface area contributed by atoms with E-state index in [1.807, 2.05) is 49.4 Å². The van der Waals surface area contributed by atoms with Crippen LogP contribution in [0.2, 0.25) is 5.04 Å². The van der Waals surface area contributed by atoms with Gasteiger partial charge in [0.2, 0.25) is 5.60 Å². The van der Waals surface area contributed by atoms with Gasteiger partial charge in [0.25, 0.3) is 8.32 Å². The minimum atomic E-state index is -2.82. The number of aldehydes is 1. The molecule has 0 N–H and O–H groups in total. The maximum atomic E-state index is 13.2. The Labute approximate surface area is 233 Å². The quantitative estimate of drug-likeness (QED) is 0.148. The van der Waals surface area contributed by atoms with Crippen LogP contribution in [0.15, 0.2) is 84.5 Å². The van der Waals surface area contributed by atoms with Crippen molar-refractivity contribution in [2.45, 2.75) is 58.6 Å². The van der Waals surface area contributed by atoms with Crippen LogP contribution in [0.3, 0.4) is 0 Å². The summed E-state index contributed by atoms with van der Waals surface area (Å²) in [6.07, 6.45) is 5.68. The number of hydrogen-bond acceptors (Lipinski definition) is 6. The molecular formula is C32H40O6Si. The van der Waals surface area contributed by atoms with Gasteiger partial charge in [0.05, 0.1) is 19.1 Å². The van der Waals surface area contributed by atoms with Crippen LogP contribution in [-0.4, -0.2) is 45.9 Å². The minimum absolute atomic E-state index is 0.167. The first-order valence-electron chi connectivity index (χ1n) is 13.2. The summed E-state index contributed by atoms with van der Waals surface area (Å²) in [5.74, 6) is -1.43. The number of allylic oxidation sites excluding steroid dienone is 1. The number of carbonyl (C=O) groups excluding carboxylic acids is 3. The van der Waals surface area contributed by atoms with Crippen molar-refractivity contribution in [3.05, 3.63) is 84.5 Å². The van der Waals surface area contributed by atoms with Gasteiger partial charge in [-0.3, -0.25) is 9.59 Å². The highest BCUT2D eigenvalue weighted by molar-refractivity contribution is 6.99. The Kier molecular flexibility index (Phi) is 9.18. The lowest BCUT2D eigenvalue weighted by Crippen LogP contribution is -2.67. The summed E-state index contributed by atoms with van der Waals surface area (Å²) in [6.45, 7) is 12.0. The van der Waals surface area contributed by atoms with E-state index in [4.69, 9.17) is 13.9 Å². The van der Waals surface area contributed by atoms with E-state index in [0.717, 1.165) is 5.57 Å². The molecule has 0 amide bonds. The molecule has 0 saturated heterocycles. The van der Waals surface area contributed by atoms with Crippen molar-refractivity contribution in [3.8, 4) is 0 Å². The summed E-state index contributed by atoms with van der Waals surface area (Å²) in [4.78, 5) is 36.7. The lowest BCUT2D eigenvalue weighted by atomic mass is 9.62. The average Bonchev–Trinajstić information content (AvgIpc) is 2.90. The van der Waals surface area contributed by atoms with Crippen LogP contribution in [0.1, 0.15) is 48.0 Å². The fourth-order valence-electron chi connectivity index (χ4n) is 5.89. The third-order valence-corrected chi connectivity index (χ3v) is 12.8. The van der Waals surface area contributed by atoms with Crippen LogP contribution in [0, 0.1) is 11.3 Å². The molecular weight excluding hydrogens is 508 g/mol. The molecule has 1 aliphatic carbocycles. The Morgan fingerprint density at radius 2 is 1.56 bits per heavy atom. The Hall–Kier alpha value is -3.29. The third kappa shape index (κ3) is 5.70. The number of carbonyl (C=O) groups is 3. The molecule has 0 unspecified atom stereocenters. The van der Waals surface area contributed by atoms with Crippen molar-refractivity contribution in [2.75, 3.05) is 13.7 Å². The van der Waals surface area contributed by atoms with Crippen molar-refractivity contribution in [1.82, 2.24) is 0 Å². The third-order valence-electron chi connectivity index (χ3n) is 7.81. The van der Waals surface area contributed by atoms with Gasteiger partial charge in [-0.1, -0.05) is 101 Å². The fraction of sp³-hybridized carbons (Fsp3) is 0.406. The Morgan fingerprint density at radius 1 is 1.03 bits per heavy atom. The van der Waals surface area contributed by atoms with Gasteiger partial charge >= 0.3 is 11.9 Å². The number of hydrogen-bond donors (Lipinski definition) is 0. The summed E-state index contributed by atoms with van der Waals surface area (Å²) in [7, 11) is -1.55. The number of rotatable bonds is 9. The van der Waals surface area contributed by atoms with Gasteiger partial charge in [-0.05, 0) is 39.9 Å². The fourth-order valence-corrected chi connectivity index (χ4v) is 10.4. The van der Waals surface area contributed by atoms with E-state index in [1.165, 1.54) is 30.5 Å².